The number of fused-ring (bicyclic) bond motifs is 1. The Kier molecular flexibility index (Phi) is 4.46. The van der Waals surface area contributed by atoms with Gasteiger partial charge in [-0.25, -0.2) is 0 Å². The van der Waals surface area contributed by atoms with Crippen LogP contribution >= 0.6 is 11.8 Å². The highest BCUT2D eigenvalue weighted by Crippen LogP contribution is 2.32. The molecule has 0 atom stereocenters. The van der Waals surface area contributed by atoms with E-state index in [4.69, 9.17) is 5.26 Å². The van der Waals surface area contributed by atoms with Crippen molar-refractivity contribution < 1.29 is 0 Å². The van der Waals surface area contributed by atoms with Gasteiger partial charge in [0.05, 0.1) is 6.07 Å². The van der Waals surface area contributed by atoms with E-state index in [-0.39, 0.29) is 0 Å². The molecule has 0 radical (unpaired) electrons. The molecule has 0 fully saturated rings. The summed E-state index contributed by atoms with van der Waals surface area (Å²) in [6, 6.07) is 18.6. The molecule has 6 heteroatoms. The molecule has 0 amide bonds. The van der Waals surface area contributed by atoms with Gasteiger partial charge < -0.3 is 4.98 Å². The number of nitrogens with zero attached hydrogens (tertiary/aromatic N) is 4. The first-order valence-electron chi connectivity index (χ1n) is 8.36. The highest BCUT2D eigenvalue weighted by Gasteiger charge is 2.18. The largest absolute Gasteiger partial charge is 0.360 e. The Bertz CT molecular complexity index is 1100. The van der Waals surface area contributed by atoms with E-state index in [0.717, 1.165) is 33.1 Å². The number of hydrogen-bond acceptors (Lipinski definition) is 4. The van der Waals surface area contributed by atoms with E-state index in [1.165, 1.54) is 5.56 Å². The van der Waals surface area contributed by atoms with Crippen molar-refractivity contribution in [3.05, 3.63) is 60.3 Å². The molecule has 4 rings (SSSR count). The van der Waals surface area contributed by atoms with Crippen LogP contribution in [0.15, 0.2) is 59.9 Å². The lowest BCUT2D eigenvalue weighted by atomic mass is 10.1. The standard InChI is InChI=1S/C20H17N5S/c1-14-6-4-7-15(12-14)25-19(23-24-20(25)26-11-5-10-21)17-13-22-18-9-3-2-8-16(17)18/h2-4,6-9,12-13,22H,5,11H2,1H3. The van der Waals surface area contributed by atoms with Crippen LogP contribution in [-0.2, 0) is 0 Å². The molecular weight excluding hydrogens is 342 g/mol. The summed E-state index contributed by atoms with van der Waals surface area (Å²) in [6.45, 7) is 2.07. The number of benzene rings is 2. The second-order valence-electron chi connectivity index (χ2n) is 5.99. The van der Waals surface area contributed by atoms with E-state index < -0.39 is 0 Å². The molecule has 4 aromatic rings. The first kappa shape index (κ1) is 16.4. The fourth-order valence-corrected chi connectivity index (χ4v) is 3.78. The molecule has 2 aromatic heterocycles. The number of nitriles is 1. The molecular formula is C20H17N5S. The first-order chi connectivity index (χ1) is 12.8. The van der Waals surface area contributed by atoms with E-state index in [1.807, 2.05) is 24.4 Å². The molecule has 0 saturated carbocycles. The zero-order valence-electron chi connectivity index (χ0n) is 14.3. The number of thioether (sulfide) groups is 1. The summed E-state index contributed by atoms with van der Waals surface area (Å²) in [5.41, 5.74) is 4.28. The number of aryl methyl sites for hydroxylation is 1. The number of rotatable bonds is 5. The molecule has 0 saturated heterocycles. The molecule has 0 unspecified atom stereocenters. The average molecular weight is 359 g/mol. The Hall–Kier alpha value is -3.04. The van der Waals surface area contributed by atoms with Crippen LogP contribution in [0.4, 0.5) is 0 Å². The molecule has 0 bridgehead atoms. The zero-order valence-corrected chi connectivity index (χ0v) is 15.1. The summed E-state index contributed by atoms with van der Waals surface area (Å²) in [5, 5.41) is 19.6. The van der Waals surface area contributed by atoms with Crippen LogP contribution in [0.3, 0.4) is 0 Å². The molecule has 2 aromatic carbocycles. The number of para-hydroxylation sites is 1. The summed E-state index contributed by atoms with van der Waals surface area (Å²) in [6.07, 6.45) is 2.46. The highest BCUT2D eigenvalue weighted by molar-refractivity contribution is 7.99. The maximum atomic E-state index is 8.83. The highest BCUT2D eigenvalue weighted by atomic mass is 32.2. The Morgan fingerprint density at radius 1 is 1.15 bits per heavy atom. The van der Waals surface area contributed by atoms with E-state index in [2.05, 4.69) is 63.1 Å². The van der Waals surface area contributed by atoms with Crippen LogP contribution in [0.1, 0.15) is 12.0 Å². The van der Waals surface area contributed by atoms with Gasteiger partial charge >= 0.3 is 0 Å². The monoisotopic (exact) mass is 359 g/mol. The van der Waals surface area contributed by atoms with Crippen molar-refractivity contribution in [1.29, 1.82) is 5.26 Å². The minimum Gasteiger partial charge on any atom is -0.360 e. The molecule has 128 valence electrons. The van der Waals surface area contributed by atoms with Crippen LogP contribution in [-0.4, -0.2) is 25.5 Å². The van der Waals surface area contributed by atoms with Gasteiger partial charge in [-0.15, -0.1) is 10.2 Å². The summed E-state index contributed by atoms with van der Waals surface area (Å²) in [5.74, 6) is 1.49. The van der Waals surface area contributed by atoms with Crippen molar-refractivity contribution in [2.45, 2.75) is 18.5 Å². The molecule has 5 nitrogen and oxygen atoms in total. The maximum absolute atomic E-state index is 8.83. The van der Waals surface area contributed by atoms with Gasteiger partial charge in [0.1, 0.15) is 0 Å². The number of hydrogen-bond donors (Lipinski definition) is 1. The van der Waals surface area contributed by atoms with Crippen LogP contribution < -0.4 is 0 Å². The number of aromatic nitrogens is 4. The van der Waals surface area contributed by atoms with Crippen molar-refractivity contribution in [3.8, 4) is 23.1 Å². The average Bonchev–Trinajstić information content (AvgIpc) is 3.25. The second-order valence-corrected chi connectivity index (χ2v) is 7.05. The van der Waals surface area contributed by atoms with Crippen LogP contribution in [0.25, 0.3) is 28.0 Å². The smallest absolute Gasteiger partial charge is 0.196 e. The summed E-state index contributed by atoms with van der Waals surface area (Å²) < 4.78 is 2.07. The fraction of sp³-hybridized carbons (Fsp3) is 0.150. The zero-order chi connectivity index (χ0) is 17.9. The van der Waals surface area contributed by atoms with Crippen molar-refractivity contribution in [2.75, 3.05) is 5.75 Å². The Morgan fingerprint density at radius 3 is 2.88 bits per heavy atom. The lowest BCUT2D eigenvalue weighted by Crippen LogP contribution is -2.00. The third-order valence-corrected chi connectivity index (χ3v) is 5.10. The van der Waals surface area contributed by atoms with E-state index in [0.29, 0.717) is 12.2 Å². The SMILES string of the molecule is Cc1cccc(-n2c(SCCC#N)nnc2-c2c[nH]c3ccccc23)c1. The molecule has 0 aliphatic heterocycles. The van der Waals surface area contributed by atoms with E-state index in [1.54, 1.807) is 11.8 Å². The van der Waals surface area contributed by atoms with Gasteiger partial charge in [-0.2, -0.15) is 5.26 Å². The maximum Gasteiger partial charge on any atom is 0.196 e. The van der Waals surface area contributed by atoms with Gasteiger partial charge in [0.2, 0.25) is 0 Å². The molecule has 0 spiro atoms. The van der Waals surface area contributed by atoms with E-state index >= 15 is 0 Å². The van der Waals surface area contributed by atoms with Crippen molar-refractivity contribution in [1.82, 2.24) is 19.7 Å². The lowest BCUT2D eigenvalue weighted by molar-refractivity contribution is 0.885. The third-order valence-electron chi connectivity index (χ3n) is 4.17. The molecule has 0 aliphatic carbocycles. The van der Waals surface area contributed by atoms with Crippen molar-refractivity contribution in [2.24, 2.45) is 0 Å². The Morgan fingerprint density at radius 2 is 2.04 bits per heavy atom. The van der Waals surface area contributed by atoms with Gasteiger partial charge in [-0.3, -0.25) is 4.57 Å². The molecule has 2 heterocycles. The third kappa shape index (κ3) is 2.98. The second kappa shape index (κ2) is 7.06. The Labute approximate surface area is 155 Å². The summed E-state index contributed by atoms with van der Waals surface area (Å²) >= 11 is 1.55. The number of H-pyrrole nitrogens is 1. The topological polar surface area (TPSA) is 70.3 Å². The van der Waals surface area contributed by atoms with Gasteiger partial charge in [0, 0.05) is 40.5 Å². The minimum absolute atomic E-state index is 0.480. The fourth-order valence-electron chi connectivity index (χ4n) is 2.98. The number of aromatic amines is 1. The van der Waals surface area contributed by atoms with Crippen LogP contribution in [0.5, 0.6) is 0 Å². The quantitative estimate of drug-likeness (QED) is 0.413. The van der Waals surface area contributed by atoms with Crippen LogP contribution in [0, 0.1) is 18.3 Å². The first-order valence-corrected chi connectivity index (χ1v) is 9.35. The molecule has 1 N–H and O–H groups in total. The Balaban J connectivity index is 1.88. The van der Waals surface area contributed by atoms with Crippen LogP contribution in [0.2, 0.25) is 0 Å². The van der Waals surface area contributed by atoms with E-state index in [9.17, 15) is 0 Å². The van der Waals surface area contributed by atoms with Gasteiger partial charge in [0.15, 0.2) is 11.0 Å². The predicted octanol–water partition coefficient (Wildman–Crippen LogP) is 4.73. The summed E-state index contributed by atoms with van der Waals surface area (Å²) in [7, 11) is 0. The molecule has 26 heavy (non-hydrogen) atoms. The van der Waals surface area contributed by atoms with Gasteiger partial charge in [0.25, 0.3) is 0 Å². The summed E-state index contributed by atoms with van der Waals surface area (Å²) in [4.78, 5) is 3.31. The van der Waals surface area contributed by atoms with Gasteiger partial charge in [-0.05, 0) is 30.7 Å². The van der Waals surface area contributed by atoms with Gasteiger partial charge in [-0.1, -0.05) is 42.1 Å². The number of nitrogens with one attached hydrogen (secondary N) is 1. The minimum atomic E-state index is 0.480. The van der Waals surface area contributed by atoms with Crippen molar-refractivity contribution in [3.63, 3.8) is 0 Å². The molecule has 0 aliphatic rings. The van der Waals surface area contributed by atoms with Crippen molar-refractivity contribution >= 4 is 22.7 Å². The normalized spacial score (nSPS) is 10.9. The lowest BCUT2D eigenvalue weighted by Gasteiger charge is -2.10. The predicted molar refractivity (Wildman–Crippen MR) is 104 cm³/mol.